The molecule has 0 rings (SSSR count). The molecule has 0 radical (unpaired) electrons. The average Bonchev–Trinajstić information content (AvgIpc) is 3.40. The molecule has 0 aliphatic heterocycles. The second-order valence-electron chi connectivity index (χ2n) is 13.4. The largest absolute Gasteiger partial charge is 0.478 e. The highest BCUT2D eigenvalue weighted by Gasteiger charge is 2.29. The number of hydrogen-bond acceptors (Lipinski definition) is 25. The van der Waals surface area contributed by atoms with Gasteiger partial charge in [0.05, 0.1) is 159 Å². The Morgan fingerprint density at radius 3 is 0.257 bits per heavy atom. The van der Waals surface area contributed by atoms with Crippen molar-refractivity contribution < 1.29 is 152 Å². The van der Waals surface area contributed by atoms with E-state index < -0.39 is 189 Å². The highest BCUT2D eigenvalue weighted by atomic mass is 16.4. The summed E-state index contributed by atoms with van der Waals surface area (Å²) in [5, 5.41) is 208. The van der Waals surface area contributed by atoms with Crippen LogP contribution in [0.2, 0.25) is 0 Å². The molecular formula is C40H80O30. The summed E-state index contributed by atoms with van der Waals surface area (Å²) in [6.45, 7) is 6.68. The van der Waals surface area contributed by atoms with Crippen LogP contribution in [-0.4, -0.2) is 290 Å². The molecule has 0 aliphatic rings. The quantitative estimate of drug-likeness (QED) is 0.0378. The maximum Gasteiger partial charge on any atom is 0.327 e. The van der Waals surface area contributed by atoms with Crippen LogP contribution in [0.4, 0.5) is 0 Å². The lowest BCUT2D eigenvalue weighted by atomic mass is 9.93. The van der Waals surface area contributed by atoms with Crippen LogP contribution in [0.3, 0.4) is 0 Å². The van der Waals surface area contributed by atoms with Gasteiger partial charge in [0.2, 0.25) is 0 Å². The number of hydrogen-bond donors (Lipinski definition) is 25. The minimum Gasteiger partial charge on any atom is -0.478 e. The summed E-state index contributed by atoms with van der Waals surface area (Å²) >= 11 is 0. The third-order valence-corrected chi connectivity index (χ3v) is 7.58. The number of aliphatic hydroxyl groups excluding tert-OH is 20. The Bertz CT molecular complexity index is 949. The third-order valence-electron chi connectivity index (χ3n) is 7.58. The van der Waals surface area contributed by atoms with Crippen molar-refractivity contribution in [2.45, 2.75) is 0 Å². The van der Waals surface area contributed by atoms with Gasteiger partial charge in [-0.25, -0.2) is 24.0 Å². The summed E-state index contributed by atoms with van der Waals surface area (Å²) in [7, 11) is 0. The van der Waals surface area contributed by atoms with Crippen LogP contribution in [0.5, 0.6) is 0 Å². The van der Waals surface area contributed by atoms with Crippen molar-refractivity contribution in [3.8, 4) is 0 Å². The van der Waals surface area contributed by atoms with Gasteiger partial charge >= 0.3 is 29.8 Å². The number of aliphatic hydroxyl groups is 20. The molecule has 0 aromatic rings. The van der Waals surface area contributed by atoms with Crippen molar-refractivity contribution in [3.63, 3.8) is 0 Å². The first-order valence-corrected chi connectivity index (χ1v) is 19.0. The number of carbonyl (C=O) groups is 5. The summed E-state index contributed by atoms with van der Waals surface area (Å²) in [5.74, 6) is -4.91. The minimum atomic E-state index is -1.11. The first kappa shape index (κ1) is 88.2. The van der Waals surface area contributed by atoms with Gasteiger partial charge in [0, 0.05) is 30.4 Å². The second kappa shape index (κ2) is 60.4. The molecule has 420 valence electrons. The van der Waals surface area contributed by atoms with Gasteiger partial charge in [0.15, 0.2) is 0 Å². The number of carboxylic acids is 5. The van der Waals surface area contributed by atoms with Gasteiger partial charge in [-0.05, 0) is 0 Å². The summed E-state index contributed by atoms with van der Waals surface area (Å²) < 4.78 is 0. The topological polar surface area (TPSA) is 591 Å². The molecular weight excluding hydrogens is 960 g/mol. The highest BCUT2D eigenvalue weighted by molar-refractivity contribution is 5.80. The van der Waals surface area contributed by atoms with Crippen LogP contribution >= 0.6 is 0 Å². The molecule has 0 spiro atoms. The Balaban J connectivity index is -0.0000000723. The van der Waals surface area contributed by atoms with Crippen LogP contribution < -0.4 is 0 Å². The van der Waals surface area contributed by atoms with E-state index in [9.17, 15) is 24.0 Å². The van der Waals surface area contributed by atoms with Crippen molar-refractivity contribution in [1.29, 1.82) is 0 Å². The van der Waals surface area contributed by atoms with Crippen molar-refractivity contribution in [2.75, 3.05) is 132 Å². The lowest BCUT2D eigenvalue weighted by Gasteiger charge is -2.23. The maximum absolute atomic E-state index is 9.25. The Kier molecular flexibility index (Phi) is 76.1. The lowest BCUT2D eigenvalue weighted by Crippen LogP contribution is -2.37. The second-order valence-corrected chi connectivity index (χ2v) is 13.4. The van der Waals surface area contributed by atoms with Crippen molar-refractivity contribution in [2.24, 2.45) is 27.1 Å². The molecule has 0 heterocycles. The monoisotopic (exact) mass is 1040 g/mol. The number of aliphatic carboxylic acids is 5. The summed E-state index contributed by atoms with van der Waals surface area (Å²) in [6.07, 6.45) is 4.17. The molecule has 0 aromatic carbocycles. The van der Waals surface area contributed by atoms with Crippen LogP contribution in [0.1, 0.15) is 0 Å². The number of rotatable bonds is 25. The first-order chi connectivity index (χ1) is 32.6. The predicted molar refractivity (Wildman–Crippen MR) is 243 cm³/mol. The SMILES string of the molecule is C=CC(=O)O.C=CC(=O)O.C=CC(=O)O.C=CC(=O)O.C=CC(=O)O.OCC(CO)(CO)CO.OCC(CO)(CO)CO.OCC(CO)(CO)CO.OCC(CO)(CO)CO.OCC(CO)(CO)CO. The van der Waals surface area contributed by atoms with Crippen LogP contribution in [0.25, 0.3) is 0 Å². The van der Waals surface area contributed by atoms with E-state index in [1.807, 2.05) is 0 Å². The van der Waals surface area contributed by atoms with E-state index in [4.69, 9.17) is 128 Å². The van der Waals surface area contributed by atoms with E-state index in [1.165, 1.54) is 0 Å². The Labute approximate surface area is 403 Å². The highest BCUT2D eigenvalue weighted by Crippen LogP contribution is 2.14. The van der Waals surface area contributed by atoms with Crippen molar-refractivity contribution in [1.82, 2.24) is 0 Å². The van der Waals surface area contributed by atoms with E-state index >= 15 is 0 Å². The van der Waals surface area contributed by atoms with E-state index in [2.05, 4.69) is 32.9 Å². The molecule has 0 saturated heterocycles. The fourth-order valence-electron chi connectivity index (χ4n) is 1.50. The smallest absolute Gasteiger partial charge is 0.327 e. The standard InChI is InChI=1S/5C5H12O4.5C3H4O2/c5*6-1-5(2-7,3-8)4-9;5*1-2-3(4)5/h5*6-9H,1-4H2;5*2H,1H2,(H,4,5). The minimum absolute atomic E-state index is 0.406. The molecule has 0 aromatic heterocycles. The summed E-state index contributed by atoms with van der Waals surface area (Å²) in [6, 6.07) is 0. The molecule has 0 amide bonds. The molecule has 30 nitrogen and oxygen atoms in total. The molecule has 0 bridgehead atoms. The zero-order valence-electron chi connectivity index (χ0n) is 38.8. The molecule has 30 heteroatoms. The van der Waals surface area contributed by atoms with Crippen molar-refractivity contribution >= 4 is 29.8 Å². The van der Waals surface area contributed by atoms with E-state index in [0.717, 1.165) is 30.4 Å². The fraction of sp³-hybridized carbons (Fsp3) is 0.625. The van der Waals surface area contributed by atoms with Crippen molar-refractivity contribution in [3.05, 3.63) is 63.3 Å². The normalized spacial score (nSPS) is 10.0. The van der Waals surface area contributed by atoms with E-state index in [0.29, 0.717) is 0 Å². The van der Waals surface area contributed by atoms with Gasteiger partial charge in [-0.1, -0.05) is 32.9 Å². The van der Waals surface area contributed by atoms with Gasteiger partial charge in [-0.15, -0.1) is 0 Å². The molecule has 0 fully saturated rings. The molecule has 0 saturated carbocycles. The molecule has 0 atom stereocenters. The lowest BCUT2D eigenvalue weighted by molar-refractivity contribution is -0.132. The number of carboxylic acid groups (broad SMARTS) is 5. The van der Waals surface area contributed by atoms with Gasteiger partial charge in [0.1, 0.15) is 0 Å². The van der Waals surface area contributed by atoms with E-state index in [1.54, 1.807) is 0 Å². The molecule has 0 aliphatic carbocycles. The first-order valence-electron chi connectivity index (χ1n) is 19.0. The molecule has 70 heavy (non-hydrogen) atoms. The average molecular weight is 1040 g/mol. The third kappa shape index (κ3) is 57.6. The van der Waals surface area contributed by atoms with Crippen LogP contribution in [0.15, 0.2) is 63.3 Å². The zero-order valence-corrected chi connectivity index (χ0v) is 38.8. The summed E-state index contributed by atoms with van der Waals surface area (Å²) in [4.78, 5) is 46.2. The Morgan fingerprint density at radius 2 is 0.257 bits per heavy atom. The Morgan fingerprint density at radius 1 is 0.214 bits per heavy atom. The van der Waals surface area contributed by atoms with Gasteiger partial charge in [-0.2, -0.15) is 0 Å². The van der Waals surface area contributed by atoms with Crippen LogP contribution in [-0.2, 0) is 24.0 Å². The van der Waals surface area contributed by atoms with Gasteiger partial charge in [0.25, 0.3) is 0 Å². The van der Waals surface area contributed by atoms with E-state index in [-0.39, 0.29) is 0 Å². The maximum atomic E-state index is 9.25. The molecule has 25 N–H and O–H groups in total. The molecule has 0 unspecified atom stereocenters. The van der Waals surface area contributed by atoms with Gasteiger partial charge in [-0.3, -0.25) is 0 Å². The fourth-order valence-corrected chi connectivity index (χ4v) is 1.50. The zero-order chi connectivity index (χ0) is 58.1. The van der Waals surface area contributed by atoms with Crippen LogP contribution in [0, 0.1) is 27.1 Å². The summed E-state index contributed by atoms with van der Waals surface area (Å²) in [5.41, 5.74) is -5.56. The Hall–Kier alpha value is -4.75. The predicted octanol–water partition coefficient (Wildman–Crippen LogP) is -9.01. The van der Waals surface area contributed by atoms with Gasteiger partial charge < -0.3 is 128 Å².